The maximum absolute atomic E-state index is 13.2. The summed E-state index contributed by atoms with van der Waals surface area (Å²) >= 11 is 0. The molecule has 0 amide bonds. The van der Waals surface area contributed by atoms with Crippen molar-refractivity contribution < 1.29 is 39.9 Å². The third-order valence-electron chi connectivity index (χ3n) is 6.53. The molecule has 1 aromatic rings. The third kappa shape index (κ3) is 6.48. The Morgan fingerprint density at radius 3 is 2.17 bits per heavy atom. The van der Waals surface area contributed by atoms with E-state index in [1.807, 2.05) is 47.7 Å². The molecule has 0 aliphatic carbocycles. The number of nitro benzene ring substituents is 1. The number of rotatable bonds is 9. The van der Waals surface area contributed by atoms with Crippen molar-refractivity contribution in [2.24, 2.45) is 0 Å². The molecule has 204 valence electrons. The zero-order valence-corrected chi connectivity index (χ0v) is 23.8. The SMILES string of the molecule is CC(C)=CCc1c([C@@H](O[Si](C)(C)C(C)(C)C)[C@H]2OC2(C)C)ccc([N+](=O)[O-])c1OS(=O)(=O)C(F)(F)F. The van der Waals surface area contributed by atoms with Crippen LogP contribution in [0.3, 0.4) is 0 Å². The second-order valence-electron chi connectivity index (χ2n) is 11.1. The molecule has 2 rings (SSSR count). The molecule has 1 aliphatic rings. The molecule has 0 N–H and O–H groups in total. The molecular formula is C23H34F3NO7SSi. The fourth-order valence-electron chi connectivity index (χ4n) is 3.31. The molecular weight excluding hydrogens is 519 g/mol. The fourth-order valence-corrected chi connectivity index (χ4v) is 5.05. The Kier molecular flexibility index (Phi) is 8.18. The van der Waals surface area contributed by atoms with Gasteiger partial charge in [0.2, 0.25) is 5.75 Å². The molecule has 2 atom stereocenters. The molecule has 0 spiro atoms. The normalized spacial score (nSPS) is 18.9. The van der Waals surface area contributed by atoms with Crippen molar-refractivity contribution in [2.45, 2.75) is 96.3 Å². The van der Waals surface area contributed by atoms with Crippen LogP contribution in [0, 0.1) is 10.1 Å². The predicted octanol–water partition coefficient (Wildman–Crippen LogP) is 6.57. The molecule has 1 aliphatic heterocycles. The molecule has 0 unspecified atom stereocenters. The van der Waals surface area contributed by atoms with Gasteiger partial charge in [-0.3, -0.25) is 10.1 Å². The Labute approximate surface area is 211 Å². The van der Waals surface area contributed by atoms with Crippen LogP contribution in [0.25, 0.3) is 0 Å². The minimum atomic E-state index is -6.18. The lowest BCUT2D eigenvalue weighted by Crippen LogP contribution is -2.43. The highest BCUT2D eigenvalue weighted by atomic mass is 32.2. The number of allylic oxidation sites excluding steroid dienone is 2. The Morgan fingerprint density at radius 2 is 1.78 bits per heavy atom. The molecule has 13 heteroatoms. The lowest BCUT2D eigenvalue weighted by Gasteiger charge is -2.39. The first-order valence-corrected chi connectivity index (χ1v) is 15.6. The summed E-state index contributed by atoms with van der Waals surface area (Å²) in [5, 5.41) is 11.5. The van der Waals surface area contributed by atoms with Gasteiger partial charge in [-0.05, 0) is 63.9 Å². The molecule has 36 heavy (non-hydrogen) atoms. The molecule has 0 aromatic heterocycles. The summed E-state index contributed by atoms with van der Waals surface area (Å²) in [7, 11) is -8.69. The first kappa shape index (κ1) is 30.3. The lowest BCUT2D eigenvalue weighted by atomic mass is 9.92. The Bertz CT molecular complexity index is 1150. The zero-order valence-electron chi connectivity index (χ0n) is 21.9. The van der Waals surface area contributed by atoms with Crippen molar-refractivity contribution in [3.8, 4) is 5.75 Å². The van der Waals surface area contributed by atoms with Crippen LogP contribution in [0.5, 0.6) is 5.75 Å². The van der Waals surface area contributed by atoms with Gasteiger partial charge in [0.05, 0.1) is 16.6 Å². The van der Waals surface area contributed by atoms with Crippen LogP contribution >= 0.6 is 0 Å². The van der Waals surface area contributed by atoms with E-state index in [4.69, 9.17) is 9.16 Å². The Morgan fingerprint density at radius 1 is 1.25 bits per heavy atom. The van der Waals surface area contributed by atoms with E-state index in [-0.39, 0.29) is 22.6 Å². The third-order valence-corrected chi connectivity index (χ3v) is 11.9. The van der Waals surface area contributed by atoms with Gasteiger partial charge in [0.15, 0.2) is 8.32 Å². The zero-order chi connectivity index (χ0) is 28.1. The van der Waals surface area contributed by atoms with Crippen LogP contribution < -0.4 is 4.18 Å². The number of epoxide rings is 1. The molecule has 0 bridgehead atoms. The number of hydrogen-bond acceptors (Lipinski definition) is 7. The van der Waals surface area contributed by atoms with E-state index in [1.54, 1.807) is 19.9 Å². The lowest BCUT2D eigenvalue weighted by molar-refractivity contribution is -0.385. The van der Waals surface area contributed by atoms with Gasteiger partial charge in [-0.2, -0.15) is 21.6 Å². The number of nitro groups is 1. The van der Waals surface area contributed by atoms with E-state index in [0.717, 1.165) is 11.6 Å². The van der Waals surface area contributed by atoms with E-state index in [0.29, 0.717) is 0 Å². The molecule has 0 radical (unpaired) electrons. The van der Waals surface area contributed by atoms with Crippen molar-refractivity contribution in [3.63, 3.8) is 0 Å². The summed E-state index contributed by atoms with van der Waals surface area (Å²) in [5.74, 6) is -0.977. The minimum absolute atomic E-state index is 0.0757. The van der Waals surface area contributed by atoms with Gasteiger partial charge < -0.3 is 13.3 Å². The van der Waals surface area contributed by atoms with Crippen LogP contribution in [0.2, 0.25) is 18.1 Å². The Balaban J connectivity index is 2.86. The van der Waals surface area contributed by atoms with Gasteiger partial charge in [-0.1, -0.05) is 32.4 Å². The number of alkyl halides is 3. The van der Waals surface area contributed by atoms with Crippen molar-refractivity contribution in [2.75, 3.05) is 0 Å². The van der Waals surface area contributed by atoms with E-state index in [1.165, 1.54) is 6.07 Å². The van der Waals surface area contributed by atoms with Crippen molar-refractivity contribution in [1.82, 2.24) is 0 Å². The highest BCUT2D eigenvalue weighted by molar-refractivity contribution is 7.88. The summed E-state index contributed by atoms with van der Waals surface area (Å²) in [4.78, 5) is 10.7. The summed E-state index contributed by atoms with van der Waals surface area (Å²) in [6.45, 7) is 17.1. The number of nitrogens with zero attached hydrogens (tertiary/aromatic N) is 1. The summed E-state index contributed by atoms with van der Waals surface area (Å²) in [6, 6.07) is 2.33. The second-order valence-corrected chi connectivity index (χ2v) is 17.4. The first-order chi connectivity index (χ1) is 16.0. The standard InChI is InChI=1S/C23H34F3NO7SSi/c1-14(2)10-11-15-16(19(20-22(6,7)32-20)34-36(8,9)21(3,4)5)12-13-17(27(28)29)18(15)33-35(30,31)23(24,25)26/h10,12-13,19-20H,11H2,1-9H3/t19-,20-/m1/s1. The van der Waals surface area contributed by atoms with Crippen molar-refractivity contribution in [1.29, 1.82) is 0 Å². The topological polar surface area (TPSA) is 108 Å². The number of hydrogen-bond donors (Lipinski definition) is 0. The maximum atomic E-state index is 13.2. The highest BCUT2D eigenvalue weighted by Crippen LogP contribution is 2.51. The van der Waals surface area contributed by atoms with Crippen molar-refractivity contribution in [3.05, 3.63) is 45.0 Å². The highest BCUT2D eigenvalue weighted by Gasteiger charge is 2.56. The monoisotopic (exact) mass is 553 g/mol. The van der Waals surface area contributed by atoms with Gasteiger partial charge >= 0.3 is 21.3 Å². The van der Waals surface area contributed by atoms with Gasteiger partial charge in [0, 0.05) is 11.6 Å². The van der Waals surface area contributed by atoms with Gasteiger partial charge in [-0.25, -0.2) is 0 Å². The molecule has 1 heterocycles. The number of ether oxygens (including phenoxy) is 1. The van der Waals surface area contributed by atoms with E-state index in [9.17, 15) is 31.7 Å². The van der Waals surface area contributed by atoms with Crippen LogP contribution in [0.4, 0.5) is 18.9 Å². The van der Waals surface area contributed by atoms with Gasteiger partial charge in [-0.15, -0.1) is 0 Å². The summed E-state index contributed by atoms with van der Waals surface area (Å²) in [5.41, 5.74) is -6.32. The quantitative estimate of drug-likeness (QED) is 0.0647. The minimum Gasteiger partial charge on any atom is -0.407 e. The second kappa shape index (κ2) is 9.73. The molecule has 1 aromatic carbocycles. The average molecular weight is 554 g/mol. The van der Waals surface area contributed by atoms with E-state index < -0.39 is 58.1 Å². The number of benzene rings is 1. The van der Waals surface area contributed by atoms with Gasteiger partial charge in [0.1, 0.15) is 6.10 Å². The largest absolute Gasteiger partial charge is 0.534 e. The van der Waals surface area contributed by atoms with E-state index >= 15 is 0 Å². The predicted molar refractivity (Wildman–Crippen MR) is 132 cm³/mol. The van der Waals surface area contributed by atoms with Crippen LogP contribution in [-0.4, -0.2) is 38.9 Å². The molecule has 1 saturated heterocycles. The smallest absolute Gasteiger partial charge is 0.407 e. The molecule has 1 fully saturated rings. The fraction of sp³-hybridized carbons (Fsp3) is 0.652. The average Bonchev–Trinajstić information content (AvgIpc) is 3.30. The van der Waals surface area contributed by atoms with Crippen LogP contribution in [0.15, 0.2) is 23.8 Å². The van der Waals surface area contributed by atoms with Crippen molar-refractivity contribution >= 4 is 24.1 Å². The molecule has 0 saturated carbocycles. The molecule has 8 nitrogen and oxygen atoms in total. The van der Waals surface area contributed by atoms with Gasteiger partial charge in [0.25, 0.3) is 0 Å². The van der Waals surface area contributed by atoms with Crippen LogP contribution in [-0.2, 0) is 25.7 Å². The Hall–Kier alpha value is -1.96. The summed E-state index contributed by atoms with van der Waals surface area (Å²) < 4.78 is 80.5. The first-order valence-electron chi connectivity index (χ1n) is 11.3. The van der Waals surface area contributed by atoms with Crippen LogP contribution in [0.1, 0.15) is 65.7 Å². The van der Waals surface area contributed by atoms with E-state index in [2.05, 4.69) is 4.18 Å². The number of halogens is 3. The summed E-state index contributed by atoms with van der Waals surface area (Å²) in [6.07, 6.45) is 0.175. The maximum Gasteiger partial charge on any atom is 0.534 e.